The number of nitrogens with zero attached hydrogens (tertiary/aromatic N) is 2. The predicted octanol–water partition coefficient (Wildman–Crippen LogP) is 0.274. The standard InChI is InChI=1S/C17H26N2O5S2/c1-13(2)14-3-5-15(6-4-14)26(23,24)19-9-7-18(8-10-19)16-11-25(21,22)12-17(16)20/h3-6,13,16-17,20H,7-12H2,1-2H3. The fraction of sp³-hybridized carbons (Fsp3) is 0.647. The summed E-state index contributed by atoms with van der Waals surface area (Å²) >= 11 is 0. The van der Waals surface area contributed by atoms with Crippen molar-refractivity contribution in [3.8, 4) is 0 Å². The van der Waals surface area contributed by atoms with Crippen LogP contribution in [0.2, 0.25) is 0 Å². The fourth-order valence-corrected chi connectivity index (χ4v) is 6.86. The molecule has 26 heavy (non-hydrogen) atoms. The van der Waals surface area contributed by atoms with Crippen LogP contribution in [0.15, 0.2) is 29.2 Å². The number of benzene rings is 1. The van der Waals surface area contributed by atoms with Crippen LogP contribution < -0.4 is 0 Å². The summed E-state index contributed by atoms with van der Waals surface area (Å²) in [6.07, 6.45) is -0.897. The molecule has 2 atom stereocenters. The normalized spacial score (nSPS) is 27.8. The van der Waals surface area contributed by atoms with Crippen molar-refractivity contribution >= 4 is 19.9 Å². The van der Waals surface area contributed by atoms with Crippen molar-refractivity contribution in [2.75, 3.05) is 37.7 Å². The Balaban J connectivity index is 1.67. The summed E-state index contributed by atoms with van der Waals surface area (Å²) in [7, 11) is -6.78. The summed E-state index contributed by atoms with van der Waals surface area (Å²) in [5.41, 5.74) is 1.09. The second-order valence-corrected chi connectivity index (χ2v) is 11.5. The van der Waals surface area contributed by atoms with E-state index in [1.807, 2.05) is 17.0 Å². The van der Waals surface area contributed by atoms with Gasteiger partial charge in [-0.15, -0.1) is 0 Å². The molecule has 0 aliphatic carbocycles. The summed E-state index contributed by atoms with van der Waals surface area (Å²) in [4.78, 5) is 2.17. The molecule has 9 heteroatoms. The van der Waals surface area contributed by atoms with E-state index >= 15 is 0 Å². The van der Waals surface area contributed by atoms with Gasteiger partial charge in [0.25, 0.3) is 0 Å². The average Bonchev–Trinajstić information content (AvgIpc) is 2.87. The first-order valence-electron chi connectivity index (χ1n) is 8.83. The van der Waals surface area contributed by atoms with Gasteiger partial charge in [0.05, 0.1) is 28.5 Å². The van der Waals surface area contributed by atoms with Gasteiger partial charge in [-0.25, -0.2) is 16.8 Å². The number of hydrogen-bond donors (Lipinski definition) is 1. The van der Waals surface area contributed by atoms with Gasteiger partial charge in [-0.2, -0.15) is 4.31 Å². The number of hydrogen-bond acceptors (Lipinski definition) is 6. The van der Waals surface area contributed by atoms with Crippen LogP contribution in [0, 0.1) is 0 Å². The molecular weight excluding hydrogens is 376 g/mol. The van der Waals surface area contributed by atoms with Crippen LogP contribution in [0.4, 0.5) is 0 Å². The zero-order chi connectivity index (χ0) is 19.1. The molecule has 1 aromatic rings. The number of sulfonamides is 1. The summed E-state index contributed by atoms with van der Waals surface area (Å²) in [6, 6.07) is 6.53. The molecule has 0 spiro atoms. The van der Waals surface area contributed by atoms with E-state index in [-0.39, 0.29) is 29.5 Å². The van der Waals surface area contributed by atoms with Gasteiger partial charge < -0.3 is 5.11 Å². The van der Waals surface area contributed by atoms with E-state index in [1.54, 1.807) is 12.1 Å². The lowest BCUT2D eigenvalue weighted by Crippen LogP contribution is -2.54. The molecule has 3 rings (SSSR count). The Bertz CT molecular complexity index is 842. The monoisotopic (exact) mass is 402 g/mol. The molecule has 2 aliphatic heterocycles. The van der Waals surface area contributed by atoms with Crippen molar-refractivity contribution in [3.63, 3.8) is 0 Å². The molecule has 1 aromatic carbocycles. The molecule has 0 saturated carbocycles. The Kier molecular flexibility index (Phi) is 5.47. The topological polar surface area (TPSA) is 95.0 Å². The first kappa shape index (κ1) is 19.8. The lowest BCUT2D eigenvalue weighted by Gasteiger charge is -2.37. The minimum Gasteiger partial charge on any atom is -0.390 e. The third kappa shape index (κ3) is 3.96. The molecule has 2 saturated heterocycles. The Morgan fingerprint density at radius 2 is 1.62 bits per heavy atom. The third-order valence-electron chi connectivity index (χ3n) is 5.22. The highest BCUT2D eigenvalue weighted by atomic mass is 32.2. The van der Waals surface area contributed by atoms with Gasteiger partial charge in [0, 0.05) is 26.2 Å². The van der Waals surface area contributed by atoms with Crippen molar-refractivity contribution in [1.29, 1.82) is 0 Å². The van der Waals surface area contributed by atoms with Crippen LogP contribution in [-0.2, 0) is 19.9 Å². The zero-order valence-corrected chi connectivity index (χ0v) is 16.7. The number of aliphatic hydroxyl groups excluding tert-OH is 1. The van der Waals surface area contributed by atoms with Gasteiger partial charge in [0.15, 0.2) is 9.84 Å². The first-order valence-corrected chi connectivity index (χ1v) is 12.1. The maximum absolute atomic E-state index is 12.8. The fourth-order valence-electron chi connectivity index (χ4n) is 3.61. The van der Waals surface area contributed by atoms with Crippen LogP contribution in [-0.4, -0.2) is 81.0 Å². The number of sulfone groups is 1. The first-order chi connectivity index (χ1) is 12.1. The highest BCUT2D eigenvalue weighted by Gasteiger charge is 2.41. The summed E-state index contributed by atoms with van der Waals surface area (Å²) in [5.74, 6) is 0.0695. The van der Waals surface area contributed by atoms with E-state index in [9.17, 15) is 21.9 Å². The third-order valence-corrected chi connectivity index (χ3v) is 8.83. The quantitative estimate of drug-likeness (QED) is 0.777. The predicted molar refractivity (Wildman–Crippen MR) is 99.3 cm³/mol. The molecule has 0 amide bonds. The van der Waals surface area contributed by atoms with Crippen LogP contribution >= 0.6 is 0 Å². The molecule has 0 bridgehead atoms. The maximum atomic E-state index is 12.8. The SMILES string of the molecule is CC(C)c1ccc(S(=O)(=O)N2CCN(C3CS(=O)(=O)CC3O)CC2)cc1. The van der Waals surface area contributed by atoms with E-state index in [2.05, 4.69) is 13.8 Å². The zero-order valence-electron chi connectivity index (χ0n) is 15.1. The molecule has 2 heterocycles. The van der Waals surface area contributed by atoms with Crippen molar-refractivity contribution in [2.24, 2.45) is 0 Å². The summed E-state index contributed by atoms with van der Waals surface area (Å²) < 4.78 is 50.5. The van der Waals surface area contributed by atoms with Gasteiger partial charge >= 0.3 is 0 Å². The smallest absolute Gasteiger partial charge is 0.243 e. The van der Waals surface area contributed by atoms with Crippen LogP contribution in [0.3, 0.4) is 0 Å². The van der Waals surface area contributed by atoms with Crippen LogP contribution in [0.5, 0.6) is 0 Å². The number of aliphatic hydroxyl groups is 1. The largest absolute Gasteiger partial charge is 0.390 e. The number of rotatable bonds is 4. The Morgan fingerprint density at radius 3 is 2.08 bits per heavy atom. The highest BCUT2D eigenvalue weighted by molar-refractivity contribution is 7.91. The second kappa shape index (κ2) is 7.20. The van der Waals surface area contributed by atoms with Gasteiger partial charge in [-0.3, -0.25) is 4.90 Å². The van der Waals surface area contributed by atoms with Crippen LogP contribution in [0.25, 0.3) is 0 Å². The molecule has 0 radical (unpaired) electrons. The molecular formula is C17H26N2O5S2. The number of piperazine rings is 1. The Hall–Kier alpha value is -1.00. The average molecular weight is 403 g/mol. The molecule has 2 aliphatic rings. The van der Waals surface area contributed by atoms with Gasteiger partial charge in [0.1, 0.15) is 0 Å². The minimum atomic E-state index is -3.56. The molecule has 0 aromatic heterocycles. The van der Waals surface area contributed by atoms with Crippen molar-refractivity contribution in [3.05, 3.63) is 29.8 Å². The summed E-state index contributed by atoms with van der Waals surface area (Å²) in [6.45, 7) is 5.52. The second-order valence-electron chi connectivity index (χ2n) is 7.38. The molecule has 1 N–H and O–H groups in total. The van der Waals surface area contributed by atoms with Gasteiger partial charge in [-0.1, -0.05) is 26.0 Å². The lowest BCUT2D eigenvalue weighted by molar-refractivity contribution is 0.0618. The minimum absolute atomic E-state index is 0.0580. The molecule has 7 nitrogen and oxygen atoms in total. The maximum Gasteiger partial charge on any atom is 0.243 e. The Morgan fingerprint density at radius 1 is 1.04 bits per heavy atom. The van der Waals surface area contributed by atoms with Crippen molar-refractivity contribution < 1.29 is 21.9 Å². The molecule has 2 unspecified atom stereocenters. The van der Waals surface area contributed by atoms with E-state index < -0.39 is 32.0 Å². The molecule has 2 fully saturated rings. The van der Waals surface area contributed by atoms with Crippen LogP contribution in [0.1, 0.15) is 25.3 Å². The van der Waals surface area contributed by atoms with E-state index in [0.29, 0.717) is 19.0 Å². The van der Waals surface area contributed by atoms with E-state index in [1.165, 1.54) is 4.31 Å². The van der Waals surface area contributed by atoms with E-state index in [0.717, 1.165) is 5.56 Å². The van der Waals surface area contributed by atoms with E-state index in [4.69, 9.17) is 0 Å². The van der Waals surface area contributed by atoms with Crippen molar-refractivity contribution in [1.82, 2.24) is 9.21 Å². The van der Waals surface area contributed by atoms with Gasteiger partial charge in [0.2, 0.25) is 10.0 Å². The summed E-state index contributed by atoms with van der Waals surface area (Å²) in [5, 5.41) is 10.00. The Labute approximate surface area is 155 Å². The van der Waals surface area contributed by atoms with Crippen molar-refractivity contribution in [2.45, 2.75) is 36.8 Å². The highest BCUT2D eigenvalue weighted by Crippen LogP contribution is 2.24. The van der Waals surface area contributed by atoms with Gasteiger partial charge in [-0.05, 0) is 23.6 Å². The molecule has 146 valence electrons. The lowest BCUT2D eigenvalue weighted by atomic mass is 10.0.